The third-order valence-corrected chi connectivity index (χ3v) is 2.11. The van der Waals surface area contributed by atoms with Crippen LogP contribution < -0.4 is 5.73 Å². The zero-order valence-electron chi connectivity index (χ0n) is 8.63. The normalized spacial score (nSPS) is 22.1. The lowest BCUT2D eigenvalue weighted by Gasteiger charge is -2.28. The van der Waals surface area contributed by atoms with Gasteiger partial charge in [0.25, 0.3) is 0 Å². The monoisotopic (exact) mass is 182 g/mol. The van der Waals surface area contributed by atoms with Crippen LogP contribution in [0.2, 0.25) is 0 Å². The first-order valence-electron chi connectivity index (χ1n) is 4.67. The van der Waals surface area contributed by atoms with Gasteiger partial charge in [-0.1, -0.05) is 20.8 Å². The van der Waals surface area contributed by atoms with Gasteiger partial charge in [0.1, 0.15) is 0 Å². The Morgan fingerprint density at radius 1 is 1.69 bits per heavy atom. The molecule has 0 saturated carbocycles. The summed E-state index contributed by atoms with van der Waals surface area (Å²) in [5.74, 6) is 0.726. The molecule has 3 nitrogen and oxygen atoms in total. The van der Waals surface area contributed by atoms with Crippen LogP contribution in [-0.2, 0) is 4.74 Å². The minimum Gasteiger partial charge on any atom is -0.477 e. The van der Waals surface area contributed by atoms with Crippen molar-refractivity contribution >= 4 is 5.90 Å². The molecule has 1 aliphatic rings. The van der Waals surface area contributed by atoms with Crippen molar-refractivity contribution in [3.8, 4) is 0 Å². The molecule has 0 radical (unpaired) electrons. The zero-order valence-corrected chi connectivity index (χ0v) is 8.63. The molecule has 1 rings (SSSR count). The summed E-state index contributed by atoms with van der Waals surface area (Å²) in [6.07, 6.45) is 2.45. The number of hydrogen-bond acceptors (Lipinski definition) is 3. The highest BCUT2D eigenvalue weighted by atomic mass is 16.5. The van der Waals surface area contributed by atoms with Crippen LogP contribution >= 0.6 is 0 Å². The van der Waals surface area contributed by atoms with Crippen molar-refractivity contribution in [2.45, 2.75) is 27.2 Å². The highest BCUT2D eigenvalue weighted by Gasteiger charge is 2.24. The standard InChI is InChI=1S/C10H18N2O/c1-4-8(5-11)9-12-6-10(2,3)7-13-9/h5H,4,6-7,11H2,1-3H3/b8-5-. The van der Waals surface area contributed by atoms with Gasteiger partial charge in [-0.15, -0.1) is 0 Å². The van der Waals surface area contributed by atoms with E-state index >= 15 is 0 Å². The van der Waals surface area contributed by atoms with Gasteiger partial charge in [0.2, 0.25) is 5.90 Å². The van der Waals surface area contributed by atoms with E-state index in [9.17, 15) is 0 Å². The summed E-state index contributed by atoms with van der Waals surface area (Å²) in [6, 6.07) is 0. The molecule has 0 aliphatic carbocycles. The minimum absolute atomic E-state index is 0.164. The van der Waals surface area contributed by atoms with Gasteiger partial charge in [-0.3, -0.25) is 4.99 Å². The maximum Gasteiger partial charge on any atom is 0.213 e. The second-order valence-electron chi connectivity index (χ2n) is 4.12. The average Bonchev–Trinajstić information content (AvgIpc) is 2.09. The molecule has 1 heterocycles. The van der Waals surface area contributed by atoms with Crippen molar-refractivity contribution < 1.29 is 4.74 Å². The third-order valence-electron chi connectivity index (χ3n) is 2.11. The van der Waals surface area contributed by atoms with Crippen LogP contribution in [-0.4, -0.2) is 19.0 Å². The van der Waals surface area contributed by atoms with Crippen LogP contribution in [0.4, 0.5) is 0 Å². The summed E-state index contributed by atoms with van der Waals surface area (Å²) < 4.78 is 5.54. The Morgan fingerprint density at radius 2 is 2.38 bits per heavy atom. The molecule has 2 N–H and O–H groups in total. The number of ether oxygens (including phenoxy) is 1. The molecular formula is C10H18N2O. The van der Waals surface area contributed by atoms with Crippen molar-refractivity contribution in [1.82, 2.24) is 0 Å². The SMILES string of the molecule is CC/C(=C/N)C1=NCC(C)(C)CO1. The molecule has 0 bridgehead atoms. The molecular weight excluding hydrogens is 164 g/mol. The van der Waals surface area contributed by atoms with Gasteiger partial charge in [-0.25, -0.2) is 0 Å². The Hall–Kier alpha value is -0.990. The molecule has 0 spiro atoms. The molecule has 1 aliphatic heterocycles. The lowest BCUT2D eigenvalue weighted by Crippen LogP contribution is -2.31. The highest BCUT2D eigenvalue weighted by molar-refractivity contribution is 5.93. The molecule has 74 valence electrons. The summed E-state index contributed by atoms with van der Waals surface area (Å²) in [7, 11) is 0. The van der Waals surface area contributed by atoms with Gasteiger partial charge >= 0.3 is 0 Å². The van der Waals surface area contributed by atoms with Crippen LogP contribution in [0.3, 0.4) is 0 Å². The smallest absolute Gasteiger partial charge is 0.213 e. The van der Waals surface area contributed by atoms with Gasteiger partial charge in [-0.05, 0) is 6.42 Å². The predicted molar refractivity (Wildman–Crippen MR) is 54.6 cm³/mol. The van der Waals surface area contributed by atoms with Gasteiger partial charge in [0.05, 0.1) is 13.2 Å². The fourth-order valence-electron chi connectivity index (χ4n) is 1.18. The Morgan fingerprint density at radius 3 is 2.77 bits per heavy atom. The summed E-state index contributed by atoms with van der Waals surface area (Å²) >= 11 is 0. The van der Waals surface area contributed by atoms with Gasteiger partial charge in [-0.2, -0.15) is 0 Å². The van der Waals surface area contributed by atoms with E-state index in [0.717, 1.165) is 31.0 Å². The molecule has 0 saturated heterocycles. The Balaban J connectivity index is 2.70. The van der Waals surface area contributed by atoms with E-state index in [0.29, 0.717) is 0 Å². The molecule has 3 heteroatoms. The molecule has 0 aromatic rings. The molecule has 0 aromatic heterocycles. The van der Waals surface area contributed by atoms with E-state index in [1.807, 2.05) is 6.92 Å². The largest absolute Gasteiger partial charge is 0.477 e. The first kappa shape index (κ1) is 10.1. The molecule has 0 unspecified atom stereocenters. The molecule has 13 heavy (non-hydrogen) atoms. The van der Waals surface area contributed by atoms with Gasteiger partial charge in [0, 0.05) is 17.2 Å². The number of nitrogens with two attached hydrogens (primary N) is 1. The second-order valence-corrected chi connectivity index (χ2v) is 4.12. The van der Waals surface area contributed by atoms with Crippen LogP contribution in [0.15, 0.2) is 16.8 Å². The van der Waals surface area contributed by atoms with Crippen molar-refractivity contribution in [2.75, 3.05) is 13.2 Å². The average molecular weight is 182 g/mol. The second kappa shape index (κ2) is 3.81. The van der Waals surface area contributed by atoms with Gasteiger partial charge in [0.15, 0.2) is 0 Å². The molecule has 0 amide bonds. The quantitative estimate of drug-likeness (QED) is 0.706. The van der Waals surface area contributed by atoms with Crippen LogP contribution in [0, 0.1) is 5.41 Å². The Labute approximate surface area is 79.7 Å². The summed E-state index contributed by atoms with van der Waals surface area (Å²) in [6.45, 7) is 7.88. The Kier molecular flexibility index (Phi) is 2.96. The number of hydrogen-bond donors (Lipinski definition) is 1. The van der Waals surface area contributed by atoms with E-state index < -0.39 is 0 Å². The third kappa shape index (κ3) is 2.47. The number of nitrogens with zero attached hydrogens (tertiary/aromatic N) is 1. The summed E-state index contributed by atoms with van der Waals surface area (Å²) in [5, 5.41) is 0. The summed E-state index contributed by atoms with van der Waals surface area (Å²) in [5.41, 5.74) is 6.62. The van der Waals surface area contributed by atoms with E-state index in [2.05, 4.69) is 18.8 Å². The lowest BCUT2D eigenvalue weighted by atomic mass is 9.94. The zero-order chi connectivity index (χ0) is 9.90. The molecule has 0 aromatic carbocycles. The maximum atomic E-state index is 5.54. The van der Waals surface area contributed by atoms with Crippen LogP contribution in [0.25, 0.3) is 0 Å². The van der Waals surface area contributed by atoms with E-state index in [-0.39, 0.29) is 5.41 Å². The topological polar surface area (TPSA) is 47.6 Å². The van der Waals surface area contributed by atoms with E-state index in [4.69, 9.17) is 10.5 Å². The van der Waals surface area contributed by atoms with Crippen molar-refractivity contribution in [1.29, 1.82) is 0 Å². The number of aliphatic imine (C=N–C) groups is 1. The first-order valence-corrected chi connectivity index (χ1v) is 4.67. The van der Waals surface area contributed by atoms with E-state index in [1.54, 1.807) is 6.20 Å². The summed E-state index contributed by atoms with van der Waals surface area (Å²) in [4.78, 5) is 4.37. The Bertz CT molecular complexity index is 241. The maximum absolute atomic E-state index is 5.54. The predicted octanol–water partition coefficient (Wildman–Crippen LogP) is 1.69. The fraction of sp³-hybridized carbons (Fsp3) is 0.700. The fourth-order valence-corrected chi connectivity index (χ4v) is 1.18. The highest BCUT2D eigenvalue weighted by Crippen LogP contribution is 2.22. The minimum atomic E-state index is 0.164. The first-order chi connectivity index (χ1) is 6.09. The molecule has 0 fully saturated rings. The lowest BCUT2D eigenvalue weighted by molar-refractivity contribution is 0.156. The van der Waals surface area contributed by atoms with E-state index in [1.165, 1.54) is 0 Å². The molecule has 0 atom stereocenters. The van der Waals surface area contributed by atoms with Gasteiger partial charge < -0.3 is 10.5 Å². The van der Waals surface area contributed by atoms with Crippen molar-refractivity contribution in [3.63, 3.8) is 0 Å². The van der Waals surface area contributed by atoms with Crippen LogP contribution in [0.1, 0.15) is 27.2 Å². The van der Waals surface area contributed by atoms with Crippen LogP contribution in [0.5, 0.6) is 0 Å². The van der Waals surface area contributed by atoms with Crippen molar-refractivity contribution in [2.24, 2.45) is 16.1 Å². The van der Waals surface area contributed by atoms with Crippen molar-refractivity contribution in [3.05, 3.63) is 11.8 Å². The number of rotatable bonds is 2.